The first-order chi connectivity index (χ1) is 7.15. The zero-order chi connectivity index (χ0) is 11.3. The molecule has 0 spiro atoms. The summed E-state index contributed by atoms with van der Waals surface area (Å²) in [6.45, 7) is 3.46. The molecule has 0 aliphatic carbocycles. The predicted octanol–water partition coefficient (Wildman–Crippen LogP) is 2.18. The fourth-order valence-electron chi connectivity index (χ4n) is 0.838. The number of ether oxygens (including phenoxy) is 1. The first kappa shape index (κ1) is 11.3. The van der Waals surface area contributed by atoms with E-state index in [1.54, 1.807) is 5.38 Å². The summed E-state index contributed by atoms with van der Waals surface area (Å²) in [6.07, 6.45) is 0.728. The average Bonchev–Trinajstić information content (AvgIpc) is 2.62. The SMILES string of the molecule is C=CCOC(=O)Nc1sccc1C(=O)O. The van der Waals surface area contributed by atoms with E-state index >= 15 is 0 Å². The van der Waals surface area contributed by atoms with Crippen LogP contribution in [0.2, 0.25) is 0 Å². The topological polar surface area (TPSA) is 75.6 Å². The first-order valence-corrected chi connectivity index (χ1v) is 4.88. The third-order valence-corrected chi connectivity index (χ3v) is 2.27. The smallest absolute Gasteiger partial charge is 0.412 e. The Kier molecular flexibility index (Phi) is 3.87. The number of amides is 1. The highest BCUT2D eigenvalue weighted by molar-refractivity contribution is 7.14. The van der Waals surface area contributed by atoms with Crippen molar-refractivity contribution < 1.29 is 19.4 Å². The molecule has 0 saturated heterocycles. The lowest BCUT2D eigenvalue weighted by atomic mass is 10.3. The number of rotatable bonds is 4. The molecular formula is C9H9NO4S. The number of carboxylic acid groups (broad SMARTS) is 1. The van der Waals surface area contributed by atoms with Crippen LogP contribution in [0.15, 0.2) is 24.1 Å². The quantitative estimate of drug-likeness (QED) is 0.773. The molecule has 0 radical (unpaired) electrons. The van der Waals surface area contributed by atoms with Gasteiger partial charge in [-0.25, -0.2) is 9.59 Å². The van der Waals surface area contributed by atoms with Gasteiger partial charge in [-0.2, -0.15) is 0 Å². The summed E-state index contributed by atoms with van der Waals surface area (Å²) in [5.74, 6) is -1.09. The van der Waals surface area contributed by atoms with E-state index in [2.05, 4.69) is 16.6 Å². The fraction of sp³-hybridized carbons (Fsp3) is 0.111. The molecule has 0 fully saturated rings. The summed E-state index contributed by atoms with van der Waals surface area (Å²) in [7, 11) is 0. The normalized spacial score (nSPS) is 9.33. The third kappa shape index (κ3) is 3.10. The maximum atomic E-state index is 11.1. The molecule has 1 amide bonds. The number of carbonyl (C=O) groups is 2. The van der Waals surface area contributed by atoms with Gasteiger partial charge in [0.25, 0.3) is 0 Å². The molecule has 1 aromatic heterocycles. The minimum atomic E-state index is -1.09. The molecule has 80 valence electrons. The van der Waals surface area contributed by atoms with Crippen LogP contribution in [0.3, 0.4) is 0 Å². The second kappa shape index (κ2) is 5.16. The van der Waals surface area contributed by atoms with Crippen LogP contribution in [0.4, 0.5) is 9.80 Å². The van der Waals surface area contributed by atoms with E-state index in [-0.39, 0.29) is 17.2 Å². The number of hydrogen-bond acceptors (Lipinski definition) is 4. The molecule has 0 saturated carbocycles. The maximum absolute atomic E-state index is 11.1. The monoisotopic (exact) mass is 227 g/mol. The Morgan fingerprint density at radius 3 is 3.00 bits per heavy atom. The van der Waals surface area contributed by atoms with Crippen molar-refractivity contribution in [1.29, 1.82) is 0 Å². The zero-order valence-electron chi connectivity index (χ0n) is 7.73. The molecule has 0 bridgehead atoms. The molecule has 1 heterocycles. The molecule has 1 rings (SSSR count). The molecule has 1 aromatic rings. The van der Waals surface area contributed by atoms with Gasteiger partial charge in [0, 0.05) is 0 Å². The summed E-state index contributed by atoms with van der Waals surface area (Å²) < 4.78 is 4.64. The van der Waals surface area contributed by atoms with E-state index in [4.69, 9.17) is 5.11 Å². The summed E-state index contributed by atoms with van der Waals surface area (Å²) in [5, 5.41) is 12.9. The average molecular weight is 227 g/mol. The molecule has 5 nitrogen and oxygen atoms in total. The molecule has 15 heavy (non-hydrogen) atoms. The first-order valence-electron chi connectivity index (χ1n) is 4.00. The minimum Gasteiger partial charge on any atom is -0.478 e. The van der Waals surface area contributed by atoms with Crippen LogP contribution < -0.4 is 5.32 Å². The number of nitrogens with one attached hydrogen (secondary N) is 1. The highest BCUT2D eigenvalue weighted by Crippen LogP contribution is 2.23. The highest BCUT2D eigenvalue weighted by Gasteiger charge is 2.13. The number of carbonyl (C=O) groups excluding carboxylic acids is 1. The van der Waals surface area contributed by atoms with Gasteiger partial charge >= 0.3 is 12.1 Å². The molecule has 6 heteroatoms. The number of carboxylic acids is 1. The number of hydrogen-bond donors (Lipinski definition) is 2. The van der Waals surface area contributed by atoms with E-state index < -0.39 is 12.1 Å². The summed E-state index contributed by atoms with van der Waals surface area (Å²) in [4.78, 5) is 21.8. The molecule has 0 aliphatic rings. The Morgan fingerprint density at radius 2 is 2.40 bits per heavy atom. The van der Waals surface area contributed by atoms with E-state index in [0.29, 0.717) is 0 Å². The van der Waals surface area contributed by atoms with Gasteiger partial charge in [-0.05, 0) is 11.4 Å². The van der Waals surface area contributed by atoms with Crippen molar-refractivity contribution in [2.24, 2.45) is 0 Å². The highest BCUT2D eigenvalue weighted by atomic mass is 32.1. The van der Waals surface area contributed by atoms with Gasteiger partial charge in [0.1, 0.15) is 11.6 Å². The molecule has 0 atom stereocenters. The lowest BCUT2D eigenvalue weighted by molar-refractivity contribution is 0.0698. The van der Waals surface area contributed by atoms with Gasteiger partial charge in [-0.3, -0.25) is 5.32 Å². The van der Waals surface area contributed by atoms with Crippen LogP contribution in [0.1, 0.15) is 10.4 Å². The number of thiophene rings is 1. The summed E-state index contributed by atoms with van der Waals surface area (Å²) in [5.41, 5.74) is 0.0514. The number of aromatic carboxylic acids is 1. The minimum absolute atomic E-state index is 0.0514. The third-order valence-electron chi connectivity index (χ3n) is 1.44. The van der Waals surface area contributed by atoms with Crippen LogP contribution in [0.25, 0.3) is 0 Å². The predicted molar refractivity (Wildman–Crippen MR) is 56.4 cm³/mol. The van der Waals surface area contributed by atoms with Gasteiger partial charge in [0.15, 0.2) is 0 Å². The van der Waals surface area contributed by atoms with E-state index in [0.717, 1.165) is 11.3 Å². The van der Waals surface area contributed by atoms with Crippen LogP contribution in [-0.4, -0.2) is 23.8 Å². The lowest BCUT2D eigenvalue weighted by Crippen LogP contribution is -2.14. The Morgan fingerprint density at radius 1 is 1.67 bits per heavy atom. The van der Waals surface area contributed by atoms with Gasteiger partial charge in [-0.15, -0.1) is 11.3 Å². The van der Waals surface area contributed by atoms with Gasteiger partial charge < -0.3 is 9.84 Å². The molecule has 0 unspecified atom stereocenters. The Hall–Kier alpha value is -1.82. The van der Waals surface area contributed by atoms with Crippen LogP contribution >= 0.6 is 11.3 Å². The van der Waals surface area contributed by atoms with Crippen molar-refractivity contribution >= 4 is 28.4 Å². The van der Waals surface area contributed by atoms with E-state index in [9.17, 15) is 9.59 Å². The van der Waals surface area contributed by atoms with Crippen LogP contribution in [-0.2, 0) is 4.74 Å². The lowest BCUT2D eigenvalue weighted by Gasteiger charge is -2.03. The Bertz CT molecular complexity index is 385. The standard InChI is InChI=1S/C9H9NO4S/c1-2-4-14-9(13)10-7-6(8(11)12)3-5-15-7/h2-3,5H,1,4H2,(H,10,13)(H,11,12). The second-order valence-corrected chi connectivity index (χ2v) is 3.40. The van der Waals surface area contributed by atoms with Crippen molar-refractivity contribution in [3.8, 4) is 0 Å². The van der Waals surface area contributed by atoms with Crippen molar-refractivity contribution in [2.75, 3.05) is 11.9 Å². The second-order valence-electron chi connectivity index (χ2n) is 2.48. The van der Waals surface area contributed by atoms with Crippen LogP contribution in [0.5, 0.6) is 0 Å². The summed E-state index contributed by atoms with van der Waals surface area (Å²) in [6, 6.07) is 1.41. The molecule has 0 aliphatic heterocycles. The molecular weight excluding hydrogens is 218 g/mol. The zero-order valence-corrected chi connectivity index (χ0v) is 8.54. The number of anilines is 1. The fourth-order valence-corrected chi connectivity index (χ4v) is 1.60. The summed E-state index contributed by atoms with van der Waals surface area (Å²) >= 11 is 1.12. The van der Waals surface area contributed by atoms with Crippen molar-refractivity contribution in [3.05, 3.63) is 29.7 Å². The van der Waals surface area contributed by atoms with Crippen LogP contribution in [0, 0.1) is 0 Å². The van der Waals surface area contributed by atoms with E-state index in [1.165, 1.54) is 12.1 Å². The van der Waals surface area contributed by atoms with Gasteiger partial charge in [0.05, 0.1) is 5.56 Å². The van der Waals surface area contributed by atoms with Gasteiger partial charge in [-0.1, -0.05) is 12.7 Å². The van der Waals surface area contributed by atoms with Crippen molar-refractivity contribution in [3.63, 3.8) is 0 Å². The Labute approximate surface area is 90.0 Å². The Balaban J connectivity index is 2.64. The maximum Gasteiger partial charge on any atom is 0.412 e. The largest absolute Gasteiger partial charge is 0.478 e. The van der Waals surface area contributed by atoms with E-state index in [1.807, 2.05) is 0 Å². The van der Waals surface area contributed by atoms with Crippen molar-refractivity contribution in [2.45, 2.75) is 0 Å². The van der Waals surface area contributed by atoms with Gasteiger partial charge in [0.2, 0.25) is 0 Å². The molecule has 2 N–H and O–H groups in total. The molecule has 0 aromatic carbocycles. The van der Waals surface area contributed by atoms with Crippen molar-refractivity contribution in [1.82, 2.24) is 0 Å².